The van der Waals surface area contributed by atoms with Crippen LogP contribution in [0.15, 0.2) is 0 Å². The minimum atomic E-state index is -0.879. The standard InChI is InChI=1S/C30H57N5O8/c1-29(2,3)42-27(39)33-19-13-10-14-21(25(37)34-23(26(38)41-7)16-9-12-18-32)20-24(36)22(15-8-11-17-31)35-28(40)43-30(4,5)6/h21-23H,8-20,31-32H2,1-7H3,(H,33,39)(H,34,37)(H,35,40)/t21-,22?,23?/m1/s1. The van der Waals surface area contributed by atoms with E-state index in [1.807, 2.05) is 0 Å². The number of ether oxygens (including phenoxy) is 3. The van der Waals surface area contributed by atoms with Crippen LogP contribution in [0.1, 0.15) is 106 Å². The molecule has 2 unspecified atom stereocenters. The summed E-state index contributed by atoms with van der Waals surface area (Å²) in [5, 5.41) is 8.09. The van der Waals surface area contributed by atoms with Gasteiger partial charge in [-0.3, -0.25) is 9.59 Å². The van der Waals surface area contributed by atoms with Crippen molar-refractivity contribution in [1.29, 1.82) is 0 Å². The first-order valence-corrected chi connectivity index (χ1v) is 15.3. The molecule has 0 bridgehead atoms. The minimum absolute atomic E-state index is 0.162. The number of esters is 1. The van der Waals surface area contributed by atoms with Crippen molar-refractivity contribution in [1.82, 2.24) is 16.0 Å². The van der Waals surface area contributed by atoms with Crippen LogP contribution in [-0.4, -0.2) is 79.9 Å². The van der Waals surface area contributed by atoms with Gasteiger partial charge in [0.25, 0.3) is 0 Å². The molecule has 0 saturated heterocycles. The van der Waals surface area contributed by atoms with Gasteiger partial charge in [-0.15, -0.1) is 0 Å². The second kappa shape index (κ2) is 20.9. The Kier molecular flexibility index (Phi) is 19.5. The number of hydrogen-bond donors (Lipinski definition) is 5. The summed E-state index contributed by atoms with van der Waals surface area (Å²) in [5.41, 5.74) is 9.82. The molecule has 0 fully saturated rings. The van der Waals surface area contributed by atoms with Gasteiger partial charge in [-0.25, -0.2) is 14.4 Å². The number of rotatable bonds is 20. The molecule has 0 aliphatic heterocycles. The Balaban J connectivity index is 5.66. The zero-order chi connectivity index (χ0) is 33.1. The quantitative estimate of drug-likeness (QED) is 0.0770. The first kappa shape index (κ1) is 40.1. The summed E-state index contributed by atoms with van der Waals surface area (Å²) in [7, 11) is 1.25. The molecule has 43 heavy (non-hydrogen) atoms. The summed E-state index contributed by atoms with van der Waals surface area (Å²) in [5.74, 6) is -2.15. The number of nitrogens with one attached hydrogen (secondary N) is 3. The van der Waals surface area contributed by atoms with Crippen molar-refractivity contribution >= 4 is 29.8 Å². The van der Waals surface area contributed by atoms with Gasteiger partial charge in [0, 0.05) is 18.9 Å². The lowest BCUT2D eigenvalue weighted by atomic mass is 9.90. The Hall–Kier alpha value is -2.93. The Morgan fingerprint density at radius 3 is 1.70 bits per heavy atom. The van der Waals surface area contributed by atoms with Gasteiger partial charge in [-0.1, -0.05) is 6.42 Å². The number of carbonyl (C=O) groups excluding carboxylic acids is 5. The van der Waals surface area contributed by atoms with Crippen LogP contribution in [0.4, 0.5) is 9.59 Å². The van der Waals surface area contributed by atoms with E-state index in [2.05, 4.69) is 16.0 Å². The molecule has 0 saturated carbocycles. The Labute approximate surface area is 257 Å². The number of amides is 3. The van der Waals surface area contributed by atoms with Crippen LogP contribution in [0.5, 0.6) is 0 Å². The smallest absolute Gasteiger partial charge is 0.408 e. The maximum absolute atomic E-state index is 13.5. The van der Waals surface area contributed by atoms with Gasteiger partial charge in [0.1, 0.15) is 17.2 Å². The molecule has 0 aromatic carbocycles. The van der Waals surface area contributed by atoms with Gasteiger partial charge < -0.3 is 41.6 Å². The van der Waals surface area contributed by atoms with Gasteiger partial charge in [0.05, 0.1) is 13.2 Å². The second-order valence-corrected chi connectivity index (χ2v) is 12.6. The van der Waals surface area contributed by atoms with E-state index in [1.54, 1.807) is 41.5 Å². The van der Waals surface area contributed by atoms with Gasteiger partial charge >= 0.3 is 18.2 Å². The van der Waals surface area contributed by atoms with Gasteiger partial charge in [0.2, 0.25) is 5.91 Å². The summed E-state index contributed by atoms with van der Waals surface area (Å²) < 4.78 is 15.5. The molecule has 7 N–H and O–H groups in total. The lowest BCUT2D eigenvalue weighted by molar-refractivity contribution is -0.146. The topological polar surface area (TPSA) is 201 Å². The van der Waals surface area contributed by atoms with Crippen LogP contribution in [-0.2, 0) is 28.6 Å². The van der Waals surface area contributed by atoms with Crippen molar-refractivity contribution in [3.8, 4) is 0 Å². The summed E-state index contributed by atoms with van der Waals surface area (Å²) in [6, 6.07) is -1.75. The largest absolute Gasteiger partial charge is 0.467 e. The van der Waals surface area contributed by atoms with Crippen molar-refractivity contribution in [3.05, 3.63) is 0 Å². The van der Waals surface area contributed by atoms with E-state index in [1.165, 1.54) is 7.11 Å². The SMILES string of the molecule is COC(=O)C(CCCCN)NC(=O)[C@H](CCCCNC(=O)OC(C)(C)C)CC(=O)C(CCCCN)NC(=O)OC(C)(C)C. The summed E-state index contributed by atoms with van der Waals surface area (Å²) in [6.07, 6.45) is 3.17. The van der Waals surface area contributed by atoms with Crippen LogP contribution in [0.25, 0.3) is 0 Å². The molecule has 0 aromatic rings. The lowest BCUT2D eigenvalue weighted by Gasteiger charge is -2.25. The predicted molar refractivity (Wildman–Crippen MR) is 164 cm³/mol. The van der Waals surface area contributed by atoms with Crippen molar-refractivity contribution < 1.29 is 38.2 Å². The van der Waals surface area contributed by atoms with Crippen LogP contribution < -0.4 is 27.4 Å². The fourth-order valence-corrected chi connectivity index (χ4v) is 4.16. The molecular weight excluding hydrogens is 558 g/mol. The molecule has 3 atom stereocenters. The van der Waals surface area contributed by atoms with E-state index in [0.29, 0.717) is 77.4 Å². The highest BCUT2D eigenvalue weighted by Gasteiger charge is 2.31. The fourth-order valence-electron chi connectivity index (χ4n) is 4.16. The van der Waals surface area contributed by atoms with Crippen LogP contribution in [0.3, 0.4) is 0 Å². The monoisotopic (exact) mass is 615 g/mol. The normalized spacial score (nSPS) is 13.7. The molecule has 0 rings (SSSR count). The molecule has 0 aromatic heterocycles. The Bertz CT molecular complexity index is 870. The maximum Gasteiger partial charge on any atom is 0.408 e. The molecule has 0 aliphatic rings. The number of Topliss-reactive ketones (excluding diaryl/α,β-unsaturated/α-hetero) is 1. The Morgan fingerprint density at radius 1 is 0.674 bits per heavy atom. The van der Waals surface area contributed by atoms with Crippen molar-refractivity contribution in [2.75, 3.05) is 26.7 Å². The number of hydrogen-bond acceptors (Lipinski definition) is 10. The highest BCUT2D eigenvalue weighted by Crippen LogP contribution is 2.19. The number of nitrogens with two attached hydrogens (primary N) is 2. The number of methoxy groups -OCH3 is 1. The first-order chi connectivity index (χ1) is 20.0. The molecule has 3 amide bonds. The average molecular weight is 616 g/mol. The average Bonchev–Trinajstić information content (AvgIpc) is 2.88. The molecule has 0 aliphatic carbocycles. The number of alkyl carbamates (subject to hydrolysis) is 2. The lowest BCUT2D eigenvalue weighted by Crippen LogP contribution is -2.47. The molecule has 0 spiro atoms. The summed E-state index contributed by atoms with van der Waals surface area (Å²) in [6.45, 7) is 11.7. The highest BCUT2D eigenvalue weighted by molar-refractivity contribution is 5.92. The van der Waals surface area contributed by atoms with Crippen molar-refractivity contribution in [2.45, 2.75) is 129 Å². The second-order valence-electron chi connectivity index (χ2n) is 12.6. The van der Waals surface area contributed by atoms with E-state index in [4.69, 9.17) is 25.7 Å². The zero-order valence-corrected chi connectivity index (χ0v) is 27.3. The van der Waals surface area contributed by atoms with Crippen LogP contribution in [0.2, 0.25) is 0 Å². The third kappa shape index (κ3) is 20.6. The Morgan fingerprint density at radius 2 is 1.19 bits per heavy atom. The van der Waals surface area contributed by atoms with Crippen LogP contribution >= 0.6 is 0 Å². The van der Waals surface area contributed by atoms with E-state index in [-0.39, 0.29) is 12.2 Å². The van der Waals surface area contributed by atoms with E-state index in [0.717, 1.165) is 0 Å². The minimum Gasteiger partial charge on any atom is -0.467 e. The molecule has 250 valence electrons. The van der Waals surface area contributed by atoms with E-state index < -0.39 is 53.3 Å². The number of ketones is 1. The third-order valence-electron chi connectivity index (χ3n) is 6.24. The summed E-state index contributed by atoms with van der Waals surface area (Å²) >= 11 is 0. The molecule has 0 heterocycles. The predicted octanol–water partition coefficient (Wildman–Crippen LogP) is 3.07. The third-order valence-corrected chi connectivity index (χ3v) is 6.24. The van der Waals surface area contributed by atoms with E-state index >= 15 is 0 Å². The molecular formula is C30H57N5O8. The molecule has 0 radical (unpaired) electrons. The maximum atomic E-state index is 13.5. The first-order valence-electron chi connectivity index (χ1n) is 15.3. The van der Waals surface area contributed by atoms with Gasteiger partial charge in [-0.05, 0) is 106 Å². The zero-order valence-electron chi connectivity index (χ0n) is 27.3. The molecule has 13 nitrogen and oxygen atoms in total. The summed E-state index contributed by atoms with van der Waals surface area (Å²) in [4.78, 5) is 63.8. The van der Waals surface area contributed by atoms with Crippen LogP contribution in [0, 0.1) is 5.92 Å². The number of unbranched alkanes of at least 4 members (excludes halogenated alkanes) is 3. The fraction of sp³-hybridized carbons (Fsp3) is 0.833. The van der Waals surface area contributed by atoms with E-state index in [9.17, 15) is 24.0 Å². The van der Waals surface area contributed by atoms with Gasteiger partial charge in [-0.2, -0.15) is 0 Å². The van der Waals surface area contributed by atoms with Gasteiger partial charge in [0.15, 0.2) is 5.78 Å². The molecule has 13 heteroatoms. The number of carbonyl (C=O) groups is 5. The highest BCUT2D eigenvalue weighted by atomic mass is 16.6. The van der Waals surface area contributed by atoms with Crippen molar-refractivity contribution in [2.24, 2.45) is 17.4 Å². The van der Waals surface area contributed by atoms with Crippen molar-refractivity contribution in [3.63, 3.8) is 0 Å².